The molecule has 0 saturated heterocycles. The van der Waals surface area contributed by atoms with Gasteiger partial charge in [-0.25, -0.2) is 0 Å². The minimum absolute atomic E-state index is 0.0146. The lowest BCUT2D eigenvalue weighted by atomic mass is 9.99. The Morgan fingerprint density at radius 1 is 0.852 bits per heavy atom. The van der Waals surface area contributed by atoms with E-state index >= 15 is 0 Å². The first kappa shape index (κ1) is 17.3. The van der Waals surface area contributed by atoms with Crippen LogP contribution in [0.2, 0.25) is 0 Å². The number of anilines is 1. The van der Waals surface area contributed by atoms with E-state index in [0.717, 1.165) is 25.9 Å². The van der Waals surface area contributed by atoms with Gasteiger partial charge in [0.2, 0.25) is 0 Å². The fourth-order valence-electron chi connectivity index (χ4n) is 3.60. The van der Waals surface area contributed by atoms with E-state index in [2.05, 4.69) is 58.7 Å². The van der Waals surface area contributed by atoms with Crippen molar-refractivity contribution in [3.63, 3.8) is 0 Å². The SMILES string of the molecule is O=C(NCCc1ccc(N2CCc3ccccc3C2)cc1)c1ccccc1. The lowest BCUT2D eigenvalue weighted by Crippen LogP contribution is -2.30. The van der Waals surface area contributed by atoms with Crippen LogP contribution in [0, 0.1) is 0 Å². The molecular formula is C24H24N2O. The van der Waals surface area contributed by atoms with Crippen LogP contribution >= 0.6 is 0 Å². The molecule has 0 aliphatic carbocycles. The van der Waals surface area contributed by atoms with Gasteiger partial charge in [0.05, 0.1) is 0 Å². The van der Waals surface area contributed by atoms with E-state index in [0.29, 0.717) is 12.1 Å². The topological polar surface area (TPSA) is 32.3 Å². The van der Waals surface area contributed by atoms with Crippen LogP contribution in [0.1, 0.15) is 27.0 Å². The van der Waals surface area contributed by atoms with Crippen molar-refractivity contribution in [3.05, 3.63) is 101 Å². The van der Waals surface area contributed by atoms with Crippen molar-refractivity contribution in [2.45, 2.75) is 19.4 Å². The molecule has 1 aliphatic heterocycles. The highest BCUT2D eigenvalue weighted by atomic mass is 16.1. The van der Waals surface area contributed by atoms with Crippen molar-refractivity contribution in [1.82, 2.24) is 5.32 Å². The number of rotatable bonds is 5. The summed E-state index contributed by atoms with van der Waals surface area (Å²) in [6.45, 7) is 2.68. The molecule has 0 fully saturated rings. The Bertz CT molecular complexity index is 903. The highest BCUT2D eigenvalue weighted by Gasteiger charge is 2.15. The highest BCUT2D eigenvalue weighted by molar-refractivity contribution is 5.94. The molecule has 27 heavy (non-hydrogen) atoms. The Morgan fingerprint density at radius 3 is 2.33 bits per heavy atom. The average molecular weight is 356 g/mol. The van der Waals surface area contributed by atoms with Gasteiger partial charge in [-0.1, -0.05) is 54.6 Å². The number of nitrogens with one attached hydrogen (secondary N) is 1. The third kappa shape index (κ3) is 4.20. The van der Waals surface area contributed by atoms with Crippen molar-refractivity contribution in [3.8, 4) is 0 Å². The first-order valence-corrected chi connectivity index (χ1v) is 9.53. The number of hydrogen-bond donors (Lipinski definition) is 1. The minimum Gasteiger partial charge on any atom is -0.367 e. The van der Waals surface area contributed by atoms with Gasteiger partial charge in [-0.05, 0) is 53.8 Å². The normalized spacial score (nSPS) is 13.1. The Balaban J connectivity index is 1.31. The predicted octanol–water partition coefficient (Wildman–Crippen LogP) is 4.22. The van der Waals surface area contributed by atoms with Gasteiger partial charge < -0.3 is 10.2 Å². The fourth-order valence-corrected chi connectivity index (χ4v) is 3.60. The van der Waals surface area contributed by atoms with Gasteiger partial charge in [-0.3, -0.25) is 4.79 Å². The molecule has 1 aliphatic rings. The van der Waals surface area contributed by atoms with Gasteiger partial charge >= 0.3 is 0 Å². The van der Waals surface area contributed by atoms with E-state index in [1.165, 1.54) is 22.4 Å². The summed E-state index contributed by atoms with van der Waals surface area (Å²) in [6.07, 6.45) is 1.94. The van der Waals surface area contributed by atoms with E-state index in [1.807, 2.05) is 30.3 Å². The van der Waals surface area contributed by atoms with Crippen molar-refractivity contribution in [1.29, 1.82) is 0 Å². The van der Waals surface area contributed by atoms with Crippen molar-refractivity contribution < 1.29 is 4.79 Å². The second kappa shape index (κ2) is 8.09. The van der Waals surface area contributed by atoms with Crippen LogP contribution in [0.25, 0.3) is 0 Å². The quantitative estimate of drug-likeness (QED) is 0.742. The maximum absolute atomic E-state index is 12.1. The monoisotopic (exact) mass is 356 g/mol. The zero-order valence-electron chi connectivity index (χ0n) is 15.4. The van der Waals surface area contributed by atoms with Gasteiger partial charge in [-0.15, -0.1) is 0 Å². The fraction of sp³-hybridized carbons (Fsp3) is 0.208. The van der Waals surface area contributed by atoms with E-state index in [1.54, 1.807) is 0 Å². The third-order valence-electron chi connectivity index (χ3n) is 5.17. The van der Waals surface area contributed by atoms with Crippen LogP contribution in [-0.2, 0) is 19.4 Å². The van der Waals surface area contributed by atoms with Gasteiger partial charge in [0.25, 0.3) is 5.91 Å². The maximum Gasteiger partial charge on any atom is 0.251 e. The molecule has 0 spiro atoms. The molecule has 136 valence electrons. The summed E-state index contributed by atoms with van der Waals surface area (Å²) in [6, 6.07) is 26.8. The number of fused-ring (bicyclic) bond motifs is 1. The molecular weight excluding hydrogens is 332 g/mol. The van der Waals surface area contributed by atoms with Gasteiger partial charge in [-0.2, -0.15) is 0 Å². The van der Waals surface area contributed by atoms with Crippen molar-refractivity contribution in [2.75, 3.05) is 18.0 Å². The maximum atomic E-state index is 12.1. The van der Waals surface area contributed by atoms with E-state index in [4.69, 9.17) is 0 Å². The number of carbonyl (C=O) groups is 1. The van der Waals surface area contributed by atoms with Gasteiger partial charge in [0.15, 0.2) is 0 Å². The van der Waals surface area contributed by atoms with E-state index in [9.17, 15) is 4.79 Å². The molecule has 3 heteroatoms. The third-order valence-corrected chi connectivity index (χ3v) is 5.17. The molecule has 3 nitrogen and oxygen atoms in total. The van der Waals surface area contributed by atoms with Crippen LogP contribution < -0.4 is 10.2 Å². The zero-order valence-corrected chi connectivity index (χ0v) is 15.4. The Labute approximate surface area is 160 Å². The lowest BCUT2D eigenvalue weighted by Gasteiger charge is -2.30. The number of carbonyl (C=O) groups excluding carboxylic acids is 1. The van der Waals surface area contributed by atoms with Crippen LogP contribution in [0.4, 0.5) is 5.69 Å². The molecule has 0 atom stereocenters. The van der Waals surface area contributed by atoms with Gasteiger partial charge in [0, 0.05) is 30.9 Å². The average Bonchev–Trinajstić information content (AvgIpc) is 2.74. The summed E-state index contributed by atoms with van der Waals surface area (Å²) in [4.78, 5) is 14.5. The van der Waals surface area contributed by atoms with Crippen molar-refractivity contribution in [2.24, 2.45) is 0 Å². The van der Waals surface area contributed by atoms with E-state index < -0.39 is 0 Å². The molecule has 4 rings (SSSR count). The minimum atomic E-state index is -0.0146. The summed E-state index contributed by atoms with van der Waals surface area (Å²) in [5.41, 5.74) is 6.11. The molecule has 3 aromatic carbocycles. The number of benzene rings is 3. The molecule has 1 heterocycles. The smallest absolute Gasteiger partial charge is 0.251 e. The first-order valence-electron chi connectivity index (χ1n) is 9.53. The molecule has 0 saturated carbocycles. The number of nitrogens with zero attached hydrogens (tertiary/aromatic N) is 1. The summed E-state index contributed by atoms with van der Waals surface area (Å²) >= 11 is 0. The van der Waals surface area contributed by atoms with Crippen LogP contribution in [0.15, 0.2) is 78.9 Å². The predicted molar refractivity (Wildman–Crippen MR) is 110 cm³/mol. The molecule has 0 bridgehead atoms. The van der Waals surface area contributed by atoms with Crippen LogP contribution in [0.3, 0.4) is 0 Å². The molecule has 1 N–H and O–H groups in total. The summed E-state index contributed by atoms with van der Waals surface area (Å²) in [5.74, 6) is -0.0146. The highest BCUT2D eigenvalue weighted by Crippen LogP contribution is 2.24. The Morgan fingerprint density at radius 2 is 1.56 bits per heavy atom. The summed E-state index contributed by atoms with van der Waals surface area (Å²) in [7, 11) is 0. The summed E-state index contributed by atoms with van der Waals surface area (Å²) < 4.78 is 0. The molecule has 0 radical (unpaired) electrons. The Kier molecular flexibility index (Phi) is 5.20. The van der Waals surface area contributed by atoms with Gasteiger partial charge in [0.1, 0.15) is 0 Å². The molecule has 0 aromatic heterocycles. The summed E-state index contributed by atoms with van der Waals surface area (Å²) in [5, 5.41) is 2.99. The largest absolute Gasteiger partial charge is 0.367 e. The van der Waals surface area contributed by atoms with Crippen molar-refractivity contribution >= 4 is 11.6 Å². The first-order chi connectivity index (χ1) is 13.3. The van der Waals surface area contributed by atoms with Crippen LogP contribution in [-0.4, -0.2) is 19.0 Å². The lowest BCUT2D eigenvalue weighted by molar-refractivity contribution is 0.0954. The molecule has 3 aromatic rings. The van der Waals surface area contributed by atoms with E-state index in [-0.39, 0.29) is 5.91 Å². The molecule has 1 amide bonds. The van der Waals surface area contributed by atoms with Crippen LogP contribution in [0.5, 0.6) is 0 Å². The number of hydrogen-bond acceptors (Lipinski definition) is 2. The number of amides is 1. The second-order valence-electron chi connectivity index (χ2n) is 6.98. The standard InChI is InChI=1S/C24H24N2O/c27-24(21-7-2-1-3-8-21)25-16-14-19-10-12-23(13-11-19)26-17-15-20-6-4-5-9-22(20)18-26/h1-13H,14-18H2,(H,25,27). The zero-order chi connectivity index (χ0) is 18.5. The second-order valence-corrected chi connectivity index (χ2v) is 6.98. The molecule has 0 unspecified atom stereocenters. The Hall–Kier alpha value is -3.07.